The number of amides is 3. The molecule has 6 heteroatoms. The monoisotopic (exact) mass is 312 g/mol. The Hall–Kier alpha value is -2.73. The van der Waals surface area contributed by atoms with Crippen LogP contribution >= 0.6 is 0 Å². The Kier molecular flexibility index (Phi) is 5.82. The van der Waals surface area contributed by atoms with Crippen molar-refractivity contribution in [2.24, 2.45) is 0 Å². The molecule has 120 valence electrons. The molecule has 0 spiro atoms. The first kappa shape index (κ1) is 16.6. The molecular formula is C17H20N4O2. The van der Waals surface area contributed by atoms with E-state index in [9.17, 15) is 9.59 Å². The number of carbonyl (C=O) groups is 2. The van der Waals surface area contributed by atoms with Crippen molar-refractivity contribution in [3.05, 3.63) is 66.0 Å². The first-order valence-corrected chi connectivity index (χ1v) is 7.36. The van der Waals surface area contributed by atoms with E-state index in [1.165, 1.54) is 7.05 Å². The minimum atomic E-state index is -0.570. The molecule has 1 aromatic carbocycles. The summed E-state index contributed by atoms with van der Waals surface area (Å²) in [5.41, 5.74) is 1.80. The van der Waals surface area contributed by atoms with Crippen LogP contribution in [0.5, 0.6) is 0 Å². The molecule has 1 aromatic heterocycles. The van der Waals surface area contributed by atoms with Gasteiger partial charge in [-0.15, -0.1) is 0 Å². The van der Waals surface area contributed by atoms with E-state index in [0.29, 0.717) is 0 Å². The van der Waals surface area contributed by atoms with Gasteiger partial charge in [0.1, 0.15) is 0 Å². The van der Waals surface area contributed by atoms with Crippen molar-refractivity contribution < 1.29 is 9.59 Å². The van der Waals surface area contributed by atoms with Gasteiger partial charge in [0.25, 0.3) is 0 Å². The SMILES string of the molecule is CNC(=O)NC(=O)C(C)NC(c1ccccc1)c1ccccn1. The van der Waals surface area contributed by atoms with E-state index in [4.69, 9.17) is 0 Å². The molecule has 0 aliphatic rings. The fourth-order valence-corrected chi connectivity index (χ4v) is 2.15. The quantitative estimate of drug-likeness (QED) is 0.783. The van der Waals surface area contributed by atoms with Crippen LogP contribution in [0, 0.1) is 0 Å². The molecule has 6 nitrogen and oxygen atoms in total. The summed E-state index contributed by atoms with van der Waals surface area (Å²) in [6.07, 6.45) is 1.71. The molecule has 23 heavy (non-hydrogen) atoms. The fraction of sp³-hybridized carbons (Fsp3) is 0.235. The molecule has 0 aliphatic heterocycles. The number of urea groups is 1. The van der Waals surface area contributed by atoms with Gasteiger partial charge in [0.15, 0.2) is 0 Å². The average Bonchev–Trinajstić information content (AvgIpc) is 2.60. The second-order valence-electron chi connectivity index (χ2n) is 5.06. The van der Waals surface area contributed by atoms with E-state index in [2.05, 4.69) is 20.9 Å². The number of nitrogens with zero attached hydrogens (tertiary/aromatic N) is 1. The second-order valence-corrected chi connectivity index (χ2v) is 5.06. The number of benzene rings is 1. The lowest BCUT2D eigenvalue weighted by atomic mass is 10.0. The molecule has 0 bridgehead atoms. The third-order valence-corrected chi connectivity index (χ3v) is 3.39. The van der Waals surface area contributed by atoms with Gasteiger partial charge in [0.2, 0.25) is 5.91 Å². The molecule has 2 aromatic rings. The molecule has 2 unspecified atom stereocenters. The van der Waals surface area contributed by atoms with Crippen LogP contribution in [-0.2, 0) is 4.79 Å². The Morgan fingerprint density at radius 2 is 1.74 bits per heavy atom. The predicted molar refractivity (Wildman–Crippen MR) is 87.7 cm³/mol. The van der Waals surface area contributed by atoms with Crippen molar-refractivity contribution in [1.82, 2.24) is 20.9 Å². The fourth-order valence-electron chi connectivity index (χ4n) is 2.15. The van der Waals surface area contributed by atoms with Crippen LogP contribution in [0.25, 0.3) is 0 Å². The number of carbonyl (C=O) groups excluding carboxylic acids is 2. The maximum atomic E-state index is 12.1. The smallest absolute Gasteiger partial charge is 0.321 e. The lowest BCUT2D eigenvalue weighted by Crippen LogP contribution is -2.48. The summed E-state index contributed by atoms with van der Waals surface area (Å²) >= 11 is 0. The van der Waals surface area contributed by atoms with Crippen LogP contribution in [0.15, 0.2) is 54.7 Å². The normalized spacial score (nSPS) is 13.0. The molecule has 0 radical (unpaired) electrons. The van der Waals surface area contributed by atoms with Crippen molar-refractivity contribution in [2.75, 3.05) is 7.05 Å². The number of aromatic nitrogens is 1. The van der Waals surface area contributed by atoms with Crippen molar-refractivity contribution >= 4 is 11.9 Å². The number of nitrogens with one attached hydrogen (secondary N) is 3. The third-order valence-electron chi connectivity index (χ3n) is 3.39. The van der Waals surface area contributed by atoms with Crippen molar-refractivity contribution in [1.29, 1.82) is 0 Å². The second kappa shape index (κ2) is 8.05. The molecule has 0 aliphatic carbocycles. The number of imide groups is 1. The van der Waals surface area contributed by atoms with Gasteiger partial charge in [-0.1, -0.05) is 36.4 Å². The van der Waals surface area contributed by atoms with E-state index in [0.717, 1.165) is 11.3 Å². The van der Waals surface area contributed by atoms with Crippen LogP contribution in [0.3, 0.4) is 0 Å². The highest BCUT2D eigenvalue weighted by Gasteiger charge is 2.22. The molecule has 1 heterocycles. The largest absolute Gasteiger partial charge is 0.341 e. The summed E-state index contributed by atoms with van der Waals surface area (Å²) in [6.45, 7) is 1.71. The van der Waals surface area contributed by atoms with Gasteiger partial charge in [-0.25, -0.2) is 4.79 Å². The molecule has 3 amide bonds. The van der Waals surface area contributed by atoms with Crippen LogP contribution in [0.4, 0.5) is 4.79 Å². The van der Waals surface area contributed by atoms with Crippen LogP contribution in [0.1, 0.15) is 24.2 Å². The van der Waals surface area contributed by atoms with Crippen molar-refractivity contribution in [3.63, 3.8) is 0 Å². The maximum Gasteiger partial charge on any atom is 0.321 e. The van der Waals surface area contributed by atoms with E-state index < -0.39 is 18.0 Å². The van der Waals surface area contributed by atoms with E-state index in [-0.39, 0.29) is 6.04 Å². The molecular weight excluding hydrogens is 292 g/mol. The molecule has 2 atom stereocenters. The first-order chi connectivity index (χ1) is 11.1. The van der Waals surface area contributed by atoms with Crippen LogP contribution < -0.4 is 16.0 Å². The first-order valence-electron chi connectivity index (χ1n) is 7.36. The molecule has 0 saturated heterocycles. The van der Waals surface area contributed by atoms with Crippen LogP contribution in [-0.4, -0.2) is 30.0 Å². The summed E-state index contributed by atoms with van der Waals surface area (Å²) in [7, 11) is 1.46. The van der Waals surface area contributed by atoms with E-state index in [1.54, 1.807) is 13.1 Å². The number of hydrogen-bond donors (Lipinski definition) is 3. The summed E-state index contributed by atoms with van der Waals surface area (Å²) in [5, 5.41) is 7.85. The molecule has 0 saturated carbocycles. The molecule has 2 rings (SSSR count). The Morgan fingerprint density at radius 3 is 2.35 bits per heavy atom. The standard InChI is InChI=1S/C17H20N4O2/c1-12(16(22)21-17(23)18-2)20-15(13-8-4-3-5-9-13)14-10-6-7-11-19-14/h3-12,15,20H,1-2H3,(H2,18,21,22,23). The van der Waals surface area contributed by atoms with Gasteiger partial charge in [0, 0.05) is 13.2 Å². The zero-order valence-electron chi connectivity index (χ0n) is 13.1. The zero-order valence-corrected chi connectivity index (χ0v) is 13.1. The minimum Gasteiger partial charge on any atom is -0.341 e. The summed E-state index contributed by atoms with van der Waals surface area (Å²) in [4.78, 5) is 27.7. The minimum absolute atomic E-state index is 0.247. The summed E-state index contributed by atoms with van der Waals surface area (Å²) in [5.74, 6) is -0.402. The Morgan fingerprint density at radius 1 is 1.04 bits per heavy atom. The number of hydrogen-bond acceptors (Lipinski definition) is 4. The number of rotatable bonds is 5. The van der Waals surface area contributed by atoms with Crippen molar-refractivity contribution in [2.45, 2.75) is 19.0 Å². The highest BCUT2D eigenvalue weighted by molar-refractivity contribution is 5.96. The lowest BCUT2D eigenvalue weighted by Gasteiger charge is -2.22. The number of pyridine rings is 1. The summed E-state index contributed by atoms with van der Waals surface area (Å²) < 4.78 is 0. The van der Waals surface area contributed by atoms with Gasteiger partial charge in [-0.3, -0.25) is 20.4 Å². The van der Waals surface area contributed by atoms with E-state index in [1.807, 2.05) is 48.5 Å². The van der Waals surface area contributed by atoms with Gasteiger partial charge >= 0.3 is 6.03 Å². The third kappa shape index (κ3) is 4.62. The van der Waals surface area contributed by atoms with Gasteiger partial charge in [-0.05, 0) is 24.6 Å². The van der Waals surface area contributed by atoms with E-state index >= 15 is 0 Å². The van der Waals surface area contributed by atoms with Gasteiger partial charge in [-0.2, -0.15) is 0 Å². The average molecular weight is 312 g/mol. The highest BCUT2D eigenvalue weighted by atomic mass is 16.2. The van der Waals surface area contributed by atoms with Gasteiger partial charge < -0.3 is 5.32 Å². The molecule has 3 N–H and O–H groups in total. The highest BCUT2D eigenvalue weighted by Crippen LogP contribution is 2.20. The predicted octanol–water partition coefficient (Wildman–Crippen LogP) is 1.60. The van der Waals surface area contributed by atoms with Gasteiger partial charge in [0.05, 0.1) is 17.8 Å². The van der Waals surface area contributed by atoms with Crippen molar-refractivity contribution in [3.8, 4) is 0 Å². The molecule has 0 fully saturated rings. The Labute approximate surface area is 135 Å². The lowest BCUT2D eigenvalue weighted by molar-refractivity contribution is -0.121. The Bertz CT molecular complexity index is 607. The van der Waals surface area contributed by atoms with Crippen LogP contribution in [0.2, 0.25) is 0 Å². The maximum absolute atomic E-state index is 12.1. The Balaban J connectivity index is 2.19. The summed E-state index contributed by atoms with van der Waals surface area (Å²) in [6, 6.07) is 14.0. The zero-order chi connectivity index (χ0) is 16.7. The topological polar surface area (TPSA) is 83.1 Å².